The molecule has 54 valence electrons. The van der Waals surface area contributed by atoms with Crippen molar-refractivity contribution in [2.75, 3.05) is 6.54 Å². The maximum atomic E-state index is 9.12. The average molecular weight is 138 g/mol. The summed E-state index contributed by atoms with van der Waals surface area (Å²) in [6.07, 6.45) is 3.57. The molecule has 0 atom stereocenters. The van der Waals surface area contributed by atoms with E-state index in [0.29, 0.717) is 5.76 Å². The highest BCUT2D eigenvalue weighted by atomic mass is 16.3. The molecular weight excluding hydrogens is 128 g/mol. The summed E-state index contributed by atoms with van der Waals surface area (Å²) < 4.78 is 0. The summed E-state index contributed by atoms with van der Waals surface area (Å²) in [5.74, 6) is 0.481. The van der Waals surface area contributed by atoms with Crippen LogP contribution in [0.5, 0.6) is 0 Å². The first-order valence-corrected chi connectivity index (χ1v) is 3.47. The van der Waals surface area contributed by atoms with Crippen LogP contribution in [0.3, 0.4) is 0 Å². The first-order chi connectivity index (χ1) is 4.86. The summed E-state index contributed by atoms with van der Waals surface area (Å²) in [6, 6.07) is 0. The van der Waals surface area contributed by atoms with E-state index in [9.17, 15) is 0 Å². The topological polar surface area (TPSA) is 44.3 Å². The number of hydrogen-bond donors (Lipinski definition) is 3. The van der Waals surface area contributed by atoms with Gasteiger partial charge in [-0.1, -0.05) is 0 Å². The molecule has 0 amide bonds. The summed E-state index contributed by atoms with van der Waals surface area (Å²) in [6.45, 7) is 0.916. The van der Waals surface area contributed by atoms with Crippen LogP contribution in [0.1, 0.15) is 12.8 Å². The third-order valence-corrected chi connectivity index (χ3v) is 1.90. The molecule has 0 aromatic heterocycles. The maximum Gasteiger partial charge on any atom is 0.0946 e. The van der Waals surface area contributed by atoms with Crippen molar-refractivity contribution in [1.82, 2.24) is 10.9 Å². The van der Waals surface area contributed by atoms with E-state index in [0.717, 1.165) is 25.1 Å². The standard InChI is InChI=1S/C7H10N2O/c10-6-2-1-5-4-8-9-7(5)3-6/h3,8-10H,1-2,4H2. The number of hydrogen-bond acceptors (Lipinski definition) is 3. The van der Waals surface area contributed by atoms with Crippen LogP contribution >= 0.6 is 0 Å². The van der Waals surface area contributed by atoms with Crippen LogP contribution in [-0.4, -0.2) is 11.7 Å². The van der Waals surface area contributed by atoms with Crippen molar-refractivity contribution < 1.29 is 5.11 Å². The SMILES string of the molecule is OC1=CC2=C(CC1)CNN2. The summed E-state index contributed by atoms with van der Waals surface area (Å²) in [5, 5.41) is 9.12. The van der Waals surface area contributed by atoms with E-state index in [1.165, 1.54) is 5.57 Å². The van der Waals surface area contributed by atoms with E-state index in [2.05, 4.69) is 10.9 Å². The van der Waals surface area contributed by atoms with Crippen LogP contribution in [-0.2, 0) is 0 Å². The molecule has 0 radical (unpaired) electrons. The molecular formula is C7H10N2O. The zero-order chi connectivity index (χ0) is 6.97. The Balaban J connectivity index is 2.29. The Morgan fingerprint density at radius 1 is 1.40 bits per heavy atom. The van der Waals surface area contributed by atoms with Gasteiger partial charge in [0.2, 0.25) is 0 Å². The predicted molar refractivity (Wildman–Crippen MR) is 38.1 cm³/mol. The van der Waals surface area contributed by atoms with Gasteiger partial charge in [-0.3, -0.25) is 0 Å². The highest BCUT2D eigenvalue weighted by Gasteiger charge is 2.16. The Hall–Kier alpha value is -0.960. The van der Waals surface area contributed by atoms with Gasteiger partial charge in [-0.05, 0) is 12.0 Å². The number of aliphatic hydroxyl groups excluding tert-OH is 1. The summed E-state index contributed by atoms with van der Waals surface area (Å²) in [4.78, 5) is 0. The van der Waals surface area contributed by atoms with Crippen molar-refractivity contribution >= 4 is 0 Å². The van der Waals surface area contributed by atoms with Crippen LogP contribution in [0.25, 0.3) is 0 Å². The fraction of sp³-hybridized carbons (Fsp3) is 0.429. The zero-order valence-corrected chi connectivity index (χ0v) is 5.65. The highest BCUT2D eigenvalue weighted by molar-refractivity contribution is 5.33. The summed E-state index contributed by atoms with van der Waals surface area (Å²) in [5.41, 5.74) is 8.42. The molecule has 0 fully saturated rings. The number of aliphatic hydroxyl groups is 1. The molecule has 0 bridgehead atoms. The molecule has 0 saturated heterocycles. The Bertz CT molecular complexity index is 218. The molecule has 1 heterocycles. The van der Waals surface area contributed by atoms with Crippen molar-refractivity contribution in [2.45, 2.75) is 12.8 Å². The lowest BCUT2D eigenvalue weighted by atomic mass is 10.0. The molecule has 0 spiro atoms. The lowest BCUT2D eigenvalue weighted by Crippen LogP contribution is -2.23. The first kappa shape index (κ1) is 5.80. The molecule has 3 heteroatoms. The molecule has 3 N–H and O–H groups in total. The van der Waals surface area contributed by atoms with Crippen LogP contribution < -0.4 is 10.9 Å². The second-order valence-electron chi connectivity index (χ2n) is 2.63. The zero-order valence-electron chi connectivity index (χ0n) is 5.65. The number of nitrogens with one attached hydrogen (secondary N) is 2. The second-order valence-corrected chi connectivity index (χ2v) is 2.63. The average Bonchev–Trinajstić information content (AvgIpc) is 2.33. The lowest BCUT2D eigenvalue weighted by Gasteiger charge is -2.08. The van der Waals surface area contributed by atoms with Crippen LogP contribution in [0.4, 0.5) is 0 Å². The second kappa shape index (κ2) is 2.02. The van der Waals surface area contributed by atoms with Gasteiger partial charge in [0.15, 0.2) is 0 Å². The van der Waals surface area contributed by atoms with E-state index < -0.39 is 0 Å². The largest absolute Gasteiger partial charge is 0.512 e. The fourth-order valence-corrected chi connectivity index (χ4v) is 1.31. The molecule has 0 aromatic rings. The monoisotopic (exact) mass is 138 g/mol. The Morgan fingerprint density at radius 3 is 3.20 bits per heavy atom. The van der Waals surface area contributed by atoms with Gasteiger partial charge >= 0.3 is 0 Å². The van der Waals surface area contributed by atoms with Gasteiger partial charge in [0.1, 0.15) is 0 Å². The van der Waals surface area contributed by atoms with Crippen LogP contribution in [0, 0.1) is 0 Å². The normalized spacial score (nSPS) is 23.8. The van der Waals surface area contributed by atoms with Crippen molar-refractivity contribution in [3.63, 3.8) is 0 Å². The molecule has 1 aliphatic heterocycles. The minimum Gasteiger partial charge on any atom is -0.512 e. The van der Waals surface area contributed by atoms with E-state index in [1.54, 1.807) is 6.08 Å². The Morgan fingerprint density at radius 2 is 2.30 bits per heavy atom. The molecule has 0 aromatic carbocycles. The van der Waals surface area contributed by atoms with E-state index >= 15 is 0 Å². The molecule has 0 unspecified atom stereocenters. The van der Waals surface area contributed by atoms with Gasteiger partial charge in [0, 0.05) is 19.0 Å². The van der Waals surface area contributed by atoms with Gasteiger partial charge < -0.3 is 10.5 Å². The van der Waals surface area contributed by atoms with Crippen molar-refractivity contribution in [3.8, 4) is 0 Å². The minimum atomic E-state index is 0.481. The lowest BCUT2D eigenvalue weighted by molar-refractivity contribution is 0.384. The van der Waals surface area contributed by atoms with Gasteiger partial charge in [-0.2, -0.15) is 0 Å². The van der Waals surface area contributed by atoms with Gasteiger partial charge in [0.25, 0.3) is 0 Å². The molecule has 1 aliphatic carbocycles. The third-order valence-electron chi connectivity index (χ3n) is 1.90. The number of allylic oxidation sites excluding steroid dienone is 2. The van der Waals surface area contributed by atoms with Crippen LogP contribution in [0.2, 0.25) is 0 Å². The molecule has 3 nitrogen and oxygen atoms in total. The fourth-order valence-electron chi connectivity index (χ4n) is 1.31. The number of hydrazine groups is 1. The van der Waals surface area contributed by atoms with Gasteiger partial charge in [-0.25, -0.2) is 5.43 Å². The maximum absolute atomic E-state index is 9.12. The quantitative estimate of drug-likeness (QED) is 0.459. The van der Waals surface area contributed by atoms with Crippen molar-refractivity contribution in [2.24, 2.45) is 0 Å². The summed E-state index contributed by atoms with van der Waals surface area (Å²) >= 11 is 0. The molecule has 2 rings (SSSR count). The smallest absolute Gasteiger partial charge is 0.0946 e. The van der Waals surface area contributed by atoms with Crippen molar-refractivity contribution in [3.05, 3.63) is 23.1 Å². The molecule has 2 aliphatic rings. The number of rotatable bonds is 0. The molecule has 0 saturated carbocycles. The Labute approximate surface area is 59.4 Å². The van der Waals surface area contributed by atoms with E-state index in [4.69, 9.17) is 5.11 Å². The first-order valence-electron chi connectivity index (χ1n) is 3.47. The van der Waals surface area contributed by atoms with Crippen LogP contribution in [0.15, 0.2) is 23.1 Å². The van der Waals surface area contributed by atoms with E-state index in [-0.39, 0.29) is 0 Å². The molecule has 10 heavy (non-hydrogen) atoms. The van der Waals surface area contributed by atoms with Crippen molar-refractivity contribution in [1.29, 1.82) is 0 Å². The highest BCUT2D eigenvalue weighted by Crippen LogP contribution is 2.22. The predicted octanol–water partition coefficient (Wildman–Crippen LogP) is 0.584. The van der Waals surface area contributed by atoms with Gasteiger partial charge in [-0.15, -0.1) is 0 Å². The third kappa shape index (κ3) is 0.789. The Kier molecular flexibility index (Phi) is 1.17. The minimum absolute atomic E-state index is 0.481. The van der Waals surface area contributed by atoms with E-state index in [1.807, 2.05) is 0 Å². The van der Waals surface area contributed by atoms with Gasteiger partial charge in [0.05, 0.1) is 11.5 Å². The summed E-state index contributed by atoms with van der Waals surface area (Å²) in [7, 11) is 0.